The third-order valence-electron chi connectivity index (χ3n) is 16.2. The number of para-hydroxylation sites is 3. The number of rotatable bonds is 6. The Morgan fingerprint density at radius 1 is 0.311 bits per heavy atom. The topological polar surface area (TPSA) is 21.3 Å². The first kappa shape index (κ1) is 41.0. The molecule has 74 heavy (non-hydrogen) atoms. The third-order valence-corrected chi connectivity index (χ3v) is 16.2. The number of hydrogen-bond donors (Lipinski definition) is 0. The molecule has 0 aliphatic heterocycles. The molecule has 2 aliphatic carbocycles. The molecule has 0 fully saturated rings. The standard InChI is InChI=1S/C71H44N2O/c1-2-18-51-46(16-1)17-15-30-66(51)73(50-37-39-56-55-22-5-11-27-63(55)71(64(56)44-50)61-25-9-3-20-53(61)54-21-4-10-26-62(54)71)65-28-12-6-19-52(65)47-34-32-45(33-35-47)48-36-40-68-59(42-48)57-23-7-13-29-67(57)72(68)49-38-41-70-60(43-49)58-24-8-14-31-69(58)74-70/h1-44H. The summed E-state index contributed by atoms with van der Waals surface area (Å²) >= 11 is 0. The molecule has 344 valence electrons. The van der Waals surface area contributed by atoms with Gasteiger partial charge >= 0.3 is 0 Å². The van der Waals surface area contributed by atoms with Crippen LogP contribution in [0.3, 0.4) is 0 Å². The van der Waals surface area contributed by atoms with E-state index in [1.165, 1.54) is 88.2 Å². The molecular weight excluding hydrogens is 897 g/mol. The molecule has 0 radical (unpaired) electrons. The summed E-state index contributed by atoms with van der Waals surface area (Å²) in [6.45, 7) is 0. The molecule has 0 amide bonds. The van der Waals surface area contributed by atoms with Crippen molar-refractivity contribution in [3.63, 3.8) is 0 Å². The van der Waals surface area contributed by atoms with E-state index in [1.807, 2.05) is 12.1 Å². The maximum atomic E-state index is 6.22. The van der Waals surface area contributed by atoms with E-state index >= 15 is 0 Å². The minimum atomic E-state index is -0.462. The quantitative estimate of drug-likeness (QED) is 0.166. The summed E-state index contributed by atoms with van der Waals surface area (Å²) in [5, 5.41) is 7.10. The highest BCUT2D eigenvalue weighted by molar-refractivity contribution is 6.12. The monoisotopic (exact) mass is 940 g/mol. The Morgan fingerprint density at radius 3 is 1.64 bits per heavy atom. The van der Waals surface area contributed by atoms with Crippen LogP contribution in [0.25, 0.3) is 105 Å². The second-order valence-electron chi connectivity index (χ2n) is 19.9. The van der Waals surface area contributed by atoms with E-state index in [-0.39, 0.29) is 0 Å². The van der Waals surface area contributed by atoms with E-state index in [1.54, 1.807) is 0 Å². The first-order valence-electron chi connectivity index (χ1n) is 25.6. The van der Waals surface area contributed by atoms with E-state index in [0.29, 0.717) is 0 Å². The predicted molar refractivity (Wildman–Crippen MR) is 307 cm³/mol. The second kappa shape index (κ2) is 15.6. The van der Waals surface area contributed by atoms with Crippen LogP contribution in [0.1, 0.15) is 22.3 Å². The van der Waals surface area contributed by atoms with Crippen LogP contribution in [0.5, 0.6) is 0 Å². The van der Waals surface area contributed by atoms with Gasteiger partial charge in [-0.3, -0.25) is 0 Å². The number of benzene rings is 12. The molecule has 2 heterocycles. The Balaban J connectivity index is 0.836. The average molecular weight is 941 g/mol. The molecule has 0 bridgehead atoms. The highest BCUT2D eigenvalue weighted by Gasteiger charge is 2.51. The van der Waals surface area contributed by atoms with Crippen LogP contribution in [0, 0.1) is 0 Å². The van der Waals surface area contributed by atoms with Gasteiger partial charge in [-0.1, -0.05) is 200 Å². The van der Waals surface area contributed by atoms with Crippen LogP contribution in [0.15, 0.2) is 271 Å². The van der Waals surface area contributed by atoms with E-state index in [2.05, 4.69) is 264 Å². The summed E-state index contributed by atoms with van der Waals surface area (Å²) in [6, 6.07) is 98.5. The smallest absolute Gasteiger partial charge is 0.135 e. The van der Waals surface area contributed by atoms with Crippen LogP contribution in [-0.2, 0) is 5.41 Å². The summed E-state index contributed by atoms with van der Waals surface area (Å²) in [5.74, 6) is 0. The van der Waals surface area contributed by atoms with Crippen molar-refractivity contribution in [1.82, 2.24) is 4.57 Å². The highest BCUT2D eigenvalue weighted by atomic mass is 16.3. The van der Waals surface area contributed by atoms with E-state index in [4.69, 9.17) is 4.42 Å². The molecule has 0 saturated carbocycles. The second-order valence-corrected chi connectivity index (χ2v) is 19.9. The number of anilines is 3. The van der Waals surface area contributed by atoms with Gasteiger partial charge in [0, 0.05) is 43.9 Å². The van der Waals surface area contributed by atoms with Crippen LogP contribution < -0.4 is 4.90 Å². The number of hydrogen-bond acceptors (Lipinski definition) is 2. The minimum absolute atomic E-state index is 0.462. The molecule has 0 atom stereocenters. The molecule has 2 aliphatic rings. The van der Waals surface area contributed by atoms with Crippen molar-refractivity contribution in [2.75, 3.05) is 4.90 Å². The Kier molecular flexibility index (Phi) is 8.66. The van der Waals surface area contributed by atoms with Gasteiger partial charge in [-0.05, 0) is 133 Å². The minimum Gasteiger partial charge on any atom is -0.456 e. The Hall–Kier alpha value is -9.70. The van der Waals surface area contributed by atoms with Gasteiger partial charge in [0.2, 0.25) is 0 Å². The molecule has 14 aromatic rings. The fourth-order valence-electron chi connectivity index (χ4n) is 13.1. The lowest BCUT2D eigenvalue weighted by Crippen LogP contribution is -2.26. The first-order valence-corrected chi connectivity index (χ1v) is 25.6. The molecule has 12 aromatic carbocycles. The molecule has 1 spiro atoms. The van der Waals surface area contributed by atoms with Crippen LogP contribution >= 0.6 is 0 Å². The van der Waals surface area contributed by atoms with E-state index in [0.717, 1.165) is 55.8 Å². The highest BCUT2D eigenvalue weighted by Crippen LogP contribution is 2.63. The maximum Gasteiger partial charge on any atom is 0.135 e. The third kappa shape index (κ3) is 5.72. The van der Waals surface area contributed by atoms with Crippen molar-refractivity contribution in [3.05, 3.63) is 289 Å². The summed E-state index contributed by atoms with van der Waals surface area (Å²) < 4.78 is 8.62. The van der Waals surface area contributed by atoms with Crippen LogP contribution in [0.2, 0.25) is 0 Å². The Labute approximate surface area is 428 Å². The summed E-state index contributed by atoms with van der Waals surface area (Å²) in [4.78, 5) is 2.51. The summed E-state index contributed by atoms with van der Waals surface area (Å²) in [5.41, 5.74) is 23.3. The first-order chi connectivity index (χ1) is 36.7. The molecule has 0 unspecified atom stereocenters. The van der Waals surface area contributed by atoms with Crippen molar-refractivity contribution in [3.8, 4) is 50.2 Å². The van der Waals surface area contributed by atoms with Gasteiger partial charge in [-0.2, -0.15) is 0 Å². The zero-order chi connectivity index (χ0) is 48.5. The molecule has 0 saturated heterocycles. The number of fused-ring (bicyclic) bond motifs is 17. The number of aromatic nitrogens is 1. The van der Waals surface area contributed by atoms with Gasteiger partial charge in [0.05, 0.1) is 27.8 Å². The zero-order valence-electron chi connectivity index (χ0n) is 40.2. The molecule has 0 N–H and O–H groups in total. The Bertz CT molecular complexity index is 4560. The summed E-state index contributed by atoms with van der Waals surface area (Å²) in [7, 11) is 0. The number of nitrogens with zero attached hydrogens (tertiary/aromatic N) is 2. The van der Waals surface area contributed by atoms with Gasteiger partial charge in [-0.15, -0.1) is 0 Å². The van der Waals surface area contributed by atoms with Crippen molar-refractivity contribution in [2.24, 2.45) is 0 Å². The number of furan rings is 1. The zero-order valence-corrected chi connectivity index (χ0v) is 40.2. The van der Waals surface area contributed by atoms with Gasteiger partial charge in [0.15, 0.2) is 0 Å². The Morgan fingerprint density at radius 2 is 0.865 bits per heavy atom. The molecule has 16 rings (SSSR count). The van der Waals surface area contributed by atoms with E-state index < -0.39 is 5.41 Å². The van der Waals surface area contributed by atoms with Crippen LogP contribution in [0.4, 0.5) is 17.1 Å². The van der Waals surface area contributed by atoms with Crippen molar-refractivity contribution < 1.29 is 4.42 Å². The van der Waals surface area contributed by atoms with Gasteiger partial charge in [0.1, 0.15) is 11.2 Å². The lowest BCUT2D eigenvalue weighted by molar-refractivity contribution is 0.669. The fourth-order valence-corrected chi connectivity index (χ4v) is 13.1. The molecular formula is C71H44N2O. The van der Waals surface area contributed by atoms with E-state index in [9.17, 15) is 0 Å². The van der Waals surface area contributed by atoms with Crippen molar-refractivity contribution in [1.29, 1.82) is 0 Å². The van der Waals surface area contributed by atoms with Crippen molar-refractivity contribution >= 4 is 71.6 Å². The van der Waals surface area contributed by atoms with Crippen molar-refractivity contribution in [2.45, 2.75) is 5.41 Å². The van der Waals surface area contributed by atoms with Crippen LogP contribution in [-0.4, -0.2) is 4.57 Å². The largest absolute Gasteiger partial charge is 0.456 e. The SMILES string of the molecule is c1ccc(N(c2ccc3c(c2)C2(c4ccccc4-c4ccccc42)c2ccccc2-3)c2cccc3ccccc23)c(-c2ccc(-c3ccc4c(c3)c3ccccc3n4-c3ccc4oc5ccccc5c4c3)cc2)c1. The molecule has 3 nitrogen and oxygen atoms in total. The van der Waals surface area contributed by atoms with Gasteiger partial charge in [-0.25, -0.2) is 0 Å². The van der Waals surface area contributed by atoms with Gasteiger partial charge < -0.3 is 13.9 Å². The molecule has 3 heteroatoms. The normalized spacial score (nSPS) is 13.0. The fraction of sp³-hybridized carbons (Fsp3) is 0.0141. The molecule has 2 aromatic heterocycles. The predicted octanol–water partition coefficient (Wildman–Crippen LogP) is 19.0. The average Bonchev–Trinajstić information content (AvgIpc) is 4.33. The van der Waals surface area contributed by atoms with Gasteiger partial charge in [0.25, 0.3) is 0 Å². The maximum absolute atomic E-state index is 6.22. The summed E-state index contributed by atoms with van der Waals surface area (Å²) in [6.07, 6.45) is 0. The lowest BCUT2D eigenvalue weighted by Gasteiger charge is -2.33. The lowest BCUT2D eigenvalue weighted by atomic mass is 9.70.